The molecular weight excluding hydrogens is 835 g/mol. The van der Waals surface area contributed by atoms with Gasteiger partial charge in [0.2, 0.25) is 0 Å². The van der Waals surface area contributed by atoms with Crippen LogP contribution in [0.4, 0.5) is 0 Å². The molecule has 0 unspecified atom stereocenters. The van der Waals surface area contributed by atoms with E-state index < -0.39 is 0 Å². The van der Waals surface area contributed by atoms with Crippen LogP contribution in [-0.2, 0) is 37.5 Å². The maximum atomic E-state index is 4.61. The fourth-order valence-corrected chi connectivity index (χ4v) is 5.98. The van der Waals surface area contributed by atoms with Gasteiger partial charge in [-0.15, -0.1) is 0 Å². The summed E-state index contributed by atoms with van der Waals surface area (Å²) in [4.78, 5) is 0. The number of hydrogen-bond donors (Lipinski definition) is 0. The van der Waals surface area contributed by atoms with Gasteiger partial charge in [0.1, 0.15) is 0 Å². The van der Waals surface area contributed by atoms with E-state index in [1.54, 1.807) is 37.5 Å². The van der Waals surface area contributed by atoms with E-state index in [0.717, 1.165) is 0 Å². The molecule has 4 aromatic rings. The Morgan fingerprint density at radius 3 is 0.688 bits per heavy atom. The van der Waals surface area contributed by atoms with Crippen LogP contribution in [-0.4, -0.2) is 13.3 Å². The Bertz CT molecular complexity index is 784. The Labute approximate surface area is 226 Å². The molecule has 0 aromatic heterocycles. The van der Waals surface area contributed by atoms with Crippen molar-refractivity contribution in [3.05, 3.63) is 121 Å². The Morgan fingerprint density at radius 1 is 0.375 bits per heavy atom. The summed E-state index contributed by atoms with van der Waals surface area (Å²) in [5.74, 6) is 0. The summed E-state index contributed by atoms with van der Waals surface area (Å²) in [6.45, 7) is 4.61. The Balaban J connectivity index is 0.000000277. The molecule has 0 spiro atoms. The first-order valence-corrected chi connectivity index (χ1v) is 18.9. The predicted octanol–water partition coefficient (Wildman–Crippen LogP) is 6.87. The number of hydrogen-bond acceptors (Lipinski definition) is 0. The molecule has 0 atom stereocenters. The molecule has 0 aliphatic carbocycles. The summed E-state index contributed by atoms with van der Waals surface area (Å²) in [6, 6.07) is 42.8. The number of benzene rings is 4. The molecule has 4 aromatic carbocycles. The van der Waals surface area contributed by atoms with Gasteiger partial charge in [-0.3, -0.25) is 0 Å². The number of rotatable bonds is 4. The second-order valence-electron chi connectivity index (χ2n) is 6.46. The van der Waals surface area contributed by atoms with Gasteiger partial charge in [-0.25, -0.2) is 0 Å². The topological polar surface area (TPSA) is 0 Å². The van der Waals surface area contributed by atoms with Crippen molar-refractivity contribution in [1.29, 1.82) is 0 Å². The summed E-state index contributed by atoms with van der Waals surface area (Å²) in [7, 11) is 8.88. The Kier molecular flexibility index (Phi) is 17.7. The molecule has 32 heavy (non-hydrogen) atoms. The summed E-state index contributed by atoms with van der Waals surface area (Å²) >= 11 is 3.22. The average Bonchev–Trinajstić information content (AvgIpc) is 2.92. The van der Waals surface area contributed by atoms with Crippen LogP contribution in [0, 0.1) is 0 Å². The SMILES string of the molecule is CP(c1ccccc1)c1ccccc1.CP(c1ccccc1)c1ccccc1.[Cl][Pt].[Cl][Pt]. The third-order valence-corrected chi connectivity index (χ3v) is 8.86. The van der Waals surface area contributed by atoms with Crippen molar-refractivity contribution in [2.75, 3.05) is 13.3 Å². The van der Waals surface area contributed by atoms with Crippen LogP contribution in [0.5, 0.6) is 0 Å². The fraction of sp³-hybridized carbons (Fsp3) is 0.0769. The van der Waals surface area contributed by atoms with E-state index in [-0.39, 0.29) is 15.8 Å². The van der Waals surface area contributed by atoms with Crippen LogP contribution in [0.1, 0.15) is 0 Å². The van der Waals surface area contributed by atoms with Gasteiger partial charge in [-0.1, -0.05) is 121 Å². The minimum absolute atomic E-state index is 0.171. The average molecular weight is 862 g/mol. The summed E-state index contributed by atoms with van der Waals surface area (Å²) < 4.78 is 0. The summed E-state index contributed by atoms with van der Waals surface area (Å²) in [6.07, 6.45) is 0. The molecule has 0 saturated carbocycles. The summed E-state index contributed by atoms with van der Waals surface area (Å²) in [5, 5.41) is 5.75. The third-order valence-electron chi connectivity index (χ3n) is 4.57. The van der Waals surface area contributed by atoms with E-state index in [1.807, 2.05) is 0 Å². The zero-order valence-corrected chi connectivity index (χ0v) is 25.7. The normalized spacial score (nSPS) is 9.56. The zero-order chi connectivity index (χ0) is 23.6. The van der Waals surface area contributed by atoms with Crippen LogP contribution < -0.4 is 21.2 Å². The molecule has 6 heteroatoms. The van der Waals surface area contributed by atoms with Gasteiger partial charge < -0.3 is 0 Å². The van der Waals surface area contributed by atoms with Crippen molar-refractivity contribution >= 4 is 55.9 Å². The zero-order valence-electron chi connectivity index (χ0n) is 17.8. The standard InChI is InChI=1S/2C13H13P.2ClH.2Pt/c2*1-14(12-8-4-2-5-9-12)13-10-6-3-7-11-13;;;;/h2*2-11H,1H3;2*1H;;/q;;;;2*+1/p-2. The molecule has 0 fully saturated rings. The quantitative estimate of drug-likeness (QED) is 0.197. The van der Waals surface area contributed by atoms with Crippen LogP contribution >= 0.6 is 34.7 Å². The first-order valence-electron chi connectivity index (χ1n) is 9.67. The molecule has 0 aliphatic rings. The van der Waals surface area contributed by atoms with Crippen molar-refractivity contribution in [1.82, 2.24) is 0 Å². The van der Waals surface area contributed by atoms with E-state index in [1.165, 1.54) is 21.2 Å². The van der Waals surface area contributed by atoms with Gasteiger partial charge >= 0.3 is 56.4 Å². The second-order valence-corrected chi connectivity index (χ2v) is 10.8. The van der Waals surface area contributed by atoms with E-state index in [2.05, 4.69) is 153 Å². The van der Waals surface area contributed by atoms with E-state index in [9.17, 15) is 0 Å². The Hall–Kier alpha value is -0.303. The van der Waals surface area contributed by atoms with Crippen molar-refractivity contribution in [2.24, 2.45) is 0 Å². The maximum absolute atomic E-state index is 4.61. The molecule has 4 rings (SSSR count). The molecule has 0 heterocycles. The van der Waals surface area contributed by atoms with Gasteiger partial charge in [-0.05, 0) is 50.4 Å². The molecule has 0 radical (unpaired) electrons. The van der Waals surface area contributed by atoms with Crippen molar-refractivity contribution < 1.29 is 37.5 Å². The van der Waals surface area contributed by atoms with Crippen molar-refractivity contribution in [3.63, 3.8) is 0 Å². The third kappa shape index (κ3) is 10.7. The monoisotopic (exact) mass is 860 g/mol. The van der Waals surface area contributed by atoms with E-state index in [4.69, 9.17) is 0 Å². The molecular formula is C26H26Cl2P2Pt2. The molecule has 0 nitrogen and oxygen atoms in total. The minimum atomic E-state index is -0.171. The van der Waals surface area contributed by atoms with E-state index >= 15 is 0 Å². The summed E-state index contributed by atoms with van der Waals surface area (Å²) in [5.41, 5.74) is 0. The van der Waals surface area contributed by atoms with Gasteiger partial charge in [0.05, 0.1) is 0 Å². The molecule has 0 amide bonds. The van der Waals surface area contributed by atoms with Crippen molar-refractivity contribution in [3.8, 4) is 0 Å². The van der Waals surface area contributed by atoms with Crippen LogP contribution in [0.25, 0.3) is 0 Å². The van der Waals surface area contributed by atoms with Gasteiger partial charge in [0, 0.05) is 0 Å². The molecule has 0 aliphatic heterocycles. The van der Waals surface area contributed by atoms with Crippen LogP contribution in [0.2, 0.25) is 0 Å². The first-order chi connectivity index (χ1) is 15.8. The van der Waals surface area contributed by atoms with Gasteiger partial charge in [-0.2, -0.15) is 0 Å². The van der Waals surface area contributed by atoms with E-state index in [0.29, 0.717) is 0 Å². The molecule has 174 valence electrons. The van der Waals surface area contributed by atoms with Crippen LogP contribution in [0.3, 0.4) is 0 Å². The van der Waals surface area contributed by atoms with Gasteiger partial charge in [0.25, 0.3) is 0 Å². The second kappa shape index (κ2) is 19.1. The van der Waals surface area contributed by atoms with Crippen LogP contribution in [0.15, 0.2) is 121 Å². The predicted molar refractivity (Wildman–Crippen MR) is 142 cm³/mol. The van der Waals surface area contributed by atoms with Crippen molar-refractivity contribution in [2.45, 2.75) is 0 Å². The Morgan fingerprint density at radius 2 is 0.531 bits per heavy atom. The molecule has 0 saturated heterocycles. The van der Waals surface area contributed by atoms with Gasteiger partial charge in [0.15, 0.2) is 0 Å². The molecule has 0 bridgehead atoms. The molecule has 0 N–H and O–H groups in total. The first kappa shape index (κ1) is 29.7. The fourth-order valence-electron chi connectivity index (χ4n) is 2.90. The number of halogens is 2.